The summed E-state index contributed by atoms with van der Waals surface area (Å²) in [5.74, 6) is -0.631. The summed E-state index contributed by atoms with van der Waals surface area (Å²) in [6, 6.07) is 13.3. The first-order valence-corrected chi connectivity index (χ1v) is 7.95. The first-order chi connectivity index (χ1) is 11.7. The molecule has 0 aliphatic rings. The van der Waals surface area contributed by atoms with E-state index in [-0.39, 0.29) is 19.1 Å². The molecule has 6 nitrogen and oxygen atoms in total. The van der Waals surface area contributed by atoms with Crippen LogP contribution in [0.3, 0.4) is 0 Å². The fraction of sp³-hybridized carbons (Fsp3) is 0.333. The Labute approximate surface area is 140 Å². The molecule has 0 radical (unpaired) electrons. The number of benzene rings is 1. The summed E-state index contributed by atoms with van der Waals surface area (Å²) < 4.78 is 5.08. The molecule has 6 heteroatoms. The molecule has 0 unspecified atom stereocenters. The topological polar surface area (TPSA) is 91.6 Å². The number of hydrogen-bond donors (Lipinski definition) is 3. The van der Waals surface area contributed by atoms with Crippen molar-refractivity contribution >= 4 is 11.8 Å². The van der Waals surface area contributed by atoms with Crippen molar-refractivity contribution in [1.29, 1.82) is 0 Å². The SMILES string of the molecule is O=C(NCC[C@@H](CCO)c1ccccc1)C(=O)NCc1ccco1. The standard InChI is InChI=1S/C18H22N2O4/c21-11-9-15(14-5-2-1-3-6-14)8-10-19-17(22)18(23)20-13-16-7-4-12-24-16/h1-7,12,15,21H,8-11,13H2,(H,19,22)(H,20,23)/t15-/m0/s1. The molecule has 0 saturated carbocycles. The first-order valence-electron chi connectivity index (χ1n) is 7.95. The van der Waals surface area contributed by atoms with Crippen molar-refractivity contribution in [1.82, 2.24) is 10.6 Å². The van der Waals surface area contributed by atoms with E-state index in [1.54, 1.807) is 12.1 Å². The minimum atomic E-state index is -0.690. The van der Waals surface area contributed by atoms with Crippen molar-refractivity contribution < 1.29 is 19.1 Å². The molecule has 0 aliphatic carbocycles. The minimum absolute atomic E-state index is 0.0805. The van der Waals surface area contributed by atoms with E-state index >= 15 is 0 Å². The van der Waals surface area contributed by atoms with Gasteiger partial charge < -0.3 is 20.2 Å². The highest BCUT2D eigenvalue weighted by molar-refractivity contribution is 6.35. The van der Waals surface area contributed by atoms with E-state index in [0.717, 1.165) is 5.56 Å². The Morgan fingerprint density at radius 3 is 2.42 bits per heavy atom. The molecule has 0 aliphatic heterocycles. The van der Waals surface area contributed by atoms with Gasteiger partial charge in [-0.05, 0) is 36.5 Å². The lowest BCUT2D eigenvalue weighted by Gasteiger charge is -2.16. The van der Waals surface area contributed by atoms with Crippen molar-refractivity contribution in [2.24, 2.45) is 0 Å². The van der Waals surface area contributed by atoms with E-state index in [1.165, 1.54) is 6.26 Å². The summed E-state index contributed by atoms with van der Waals surface area (Å²) in [7, 11) is 0. The molecule has 1 heterocycles. The van der Waals surface area contributed by atoms with Crippen LogP contribution in [0.15, 0.2) is 53.1 Å². The van der Waals surface area contributed by atoms with Crippen LogP contribution < -0.4 is 10.6 Å². The third-order valence-corrected chi connectivity index (χ3v) is 3.74. The van der Waals surface area contributed by atoms with Crippen LogP contribution >= 0.6 is 0 Å². The minimum Gasteiger partial charge on any atom is -0.467 e. The molecule has 0 fully saturated rings. The quantitative estimate of drug-likeness (QED) is 0.641. The zero-order valence-corrected chi connectivity index (χ0v) is 13.4. The maximum absolute atomic E-state index is 11.8. The smallest absolute Gasteiger partial charge is 0.309 e. The highest BCUT2D eigenvalue weighted by atomic mass is 16.3. The molecule has 1 aromatic carbocycles. The molecule has 0 spiro atoms. The largest absolute Gasteiger partial charge is 0.467 e. The van der Waals surface area contributed by atoms with Gasteiger partial charge in [0.15, 0.2) is 0 Å². The van der Waals surface area contributed by atoms with Gasteiger partial charge in [0, 0.05) is 13.2 Å². The molecule has 2 rings (SSSR count). The van der Waals surface area contributed by atoms with Crippen molar-refractivity contribution in [2.75, 3.05) is 13.2 Å². The third-order valence-electron chi connectivity index (χ3n) is 3.74. The predicted molar refractivity (Wildman–Crippen MR) is 89.1 cm³/mol. The summed E-state index contributed by atoms with van der Waals surface area (Å²) in [5, 5.41) is 14.3. The second-order valence-corrected chi connectivity index (χ2v) is 5.43. The Kier molecular flexibility index (Phi) is 7.04. The zero-order valence-electron chi connectivity index (χ0n) is 13.4. The fourth-order valence-corrected chi connectivity index (χ4v) is 2.46. The lowest BCUT2D eigenvalue weighted by atomic mass is 9.93. The highest BCUT2D eigenvalue weighted by Crippen LogP contribution is 2.22. The average molecular weight is 330 g/mol. The second kappa shape index (κ2) is 9.52. The van der Waals surface area contributed by atoms with E-state index < -0.39 is 11.8 Å². The first kappa shape index (κ1) is 17.7. The van der Waals surface area contributed by atoms with Gasteiger partial charge in [0.25, 0.3) is 0 Å². The molecule has 2 amide bonds. The molecule has 0 saturated heterocycles. The maximum Gasteiger partial charge on any atom is 0.309 e. The Balaban J connectivity index is 1.74. The molecule has 2 aromatic rings. The normalized spacial score (nSPS) is 11.7. The van der Waals surface area contributed by atoms with Crippen LogP contribution in [0.1, 0.15) is 30.1 Å². The molecular weight excluding hydrogens is 308 g/mol. The summed E-state index contributed by atoms with van der Waals surface area (Å²) in [6.45, 7) is 0.625. The van der Waals surface area contributed by atoms with Crippen LogP contribution in [0, 0.1) is 0 Å². The fourth-order valence-electron chi connectivity index (χ4n) is 2.46. The second-order valence-electron chi connectivity index (χ2n) is 5.43. The molecule has 1 atom stereocenters. The number of aliphatic hydroxyl groups is 1. The monoisotopic (exact) mass is 330 g/mol. The van der Waals surface area contributed by atoms with E-state index in [9.17, 15) is 14.7 Å². The van der Waals surface area contributed by atoms with Gasteiger partial charge in [0.2, 0.25) is 0 Å². The maximum atomic E-state index is 11.8. The van der Waals surface area contributed by atoms with Crippen molar-refractivity contribution in [3.63, 3.8) is 0 Å². The van der Waals surface area contributed by atoms with E-state index in [1.807, 2.05) is 30.3 Å². The Morgan fingerprint density at radius 1 is 1.00 bits per heavy atom. The van der Waals surface area contributed by atoms with Gasteiger partial charge in [-0.2, -0.15) is 0 Å². The lowest BCUT2D eigenvalue weighted by Crippen LogP contribution is -2.40. The van der Waals surface area contributed by atoms with Gasteiger partial charge in [-0.1, -0.05) is 30.3 Å². The van der Waals surface area contributed by atoms with Gasteiger partial charge in [-0.15, -0.1) is 0 Å². The molecular formula is C18H22N2O4. The Hall–Kier alpha value is -2.60. The summed E-state index contributed by atoms with van der Waals surface area (Å²) >= 11 is 0. The zero-order chi connectivity index (χ0) is 17.2. The summed E-state index contributed by atoms with van der Waals surface area (Å²) in [4.78, 5) is 23.5. The molecule has 0 bridgehead atoms. The van der Waals surface area contributed by atoms with Gasteiger partial charge in [-0.25, -0.2) is 0 Å². The van der Waals surface area contributed by atoms with Gasteiger partial charge in [0.1, 0.15) is 5.76 Å². The number of carbonyl (C=O) groups is 2. The van der Waals surface area contributed by atoms with Gasteiger partial charge in [-0.3, -0.25) is 9.59 Å². The lowest BCUT2D eigenvalue weighted by molar-refractivity contribution is -0.139. The Morgan fingerprint density at radius 2 is 1.75 bits per heavy atom. The predicted octanol–water partition coefficient (Wildman–Crippen LogP) is 1.57. The van der Waals surface area contributed by atoms with Crippen LogP contribution in [0.2, 0.25) is 0 Å². The molecule has 24 heavy (non-hydrogen) atoms. The Bertz CT molecular complexity index is 626. The number of hydrogen-bond acceptors (Lipinski definition) is 4. The summed E-state index contributed by atoms with van der Waals surface area (Å²) in [5.41, 5.74) is 1.11. The molecule has 3 N–H and O–H groups in total. The number of rotatable bonds is 8. The highest BCUT2D eigenvalue weighted by Gasteiger charge is 2.15. The summed E-state index contributed by atoms with van der Waals surface area (Å²) in [6.07, 6.45) is 2.78. The molecule has 1 aromatic heterocycles. The van der Waals surface area contributed by atoms with Crippen molar-refractivity contribution in [2.45, 2.75) is 25.3 Å². The van der Waals surface area contributed by atoms with Crippen molar-refractivity contribution in [3.05, 3.63) is 60.1 Å². The van der Waals surface area contributed by atoms with Gasteiger partial charge >= 0.3 is 11.8 Å². The van der Waals surface area contributed by atoms with Crippen LogP contribution in [-0.2, 0) is 16.1 Å². The molecule has 128 valence electrons. The number of furan rings is 1. The number of amides is 2. The number of aliphatic hydroxyl groups excluding tert-OH is 1. The number of carbonyl (C=O) groups excluding carboxylic acids is 2. The van der Waals surface area contributed by atoms with Crippen LogP contribution in [0.25, 0.3) is 0 Å². The van der Waals surface area contributed by atoms with Crippen LogP contribution in [0.4, 0.5) is 0 Å². The average Bonchev–Trinajstić information content (AvgIpc) is 3.13. The van der Waals surface area contributed by atoms with Gasteiger partial charge in [0.05, 0.1) is 12.8 Å². The number of nitrogens with one attached hydrogen (secondary N) is 2. The van der Waals surface area contributed by atoms with Crippen molar-refractivity contribution in [3.8, 4) is 0 Å². The van der Waals surface area contributed by atoms with Crippen LogP contribution in [-0.4, -0.2) is 30.1 Å². The van der Waals surface area contributed by atoms with E-state index in [2.05, 4.69) is 10.6 Å². The van der Waals surface area contributed by atoms with Crippen LogP contribution in [0.5, 0.6) is 0 Å². The van der Waals surface area contributed by atoms with E-state index in [4.69, 9.17) is 4.42 Å². The third kappa shape index (κ3) is 5.55. The van der Waals surface area contributed by atoms with E-state index in [0.29, 0.717) is 25.1 Å².